The SMILES string of the molecule is CCN(CC)CC1CCN(C(=O)C2CNCCO2)C1. The molecule has 5 heteroatoms. The Morgan fingerprint density at radius 3 is 2.84 bits per heavy atom. The van der Waals surface area contributed by atoms with Gasteiger partial charge in [0.1, 0.15) is 6.10 Å². The average Bonchev–Trinajstić information content (AvgIpc) is 2.93. The molecule has 2 atom stereocenters. The average molecular weight is 269 g/mol. The van der Waals surface area contributed by atoms with Crippen molar-refractivity contribution < 1.29 is 9.53 Å². The van der Waals surface area contributed by atoms with Crippen molar-refractivity contribution in [2.24, 2.45) is 5.92 Å². The highest BCUT2D eigenvalue weighted by atomic mass is 16.5. The first-order valence-electron chi connectivity index (χ1n) is 7.58. The van der Waals surface area contributed by atoms with Crippen LogP contribution in [0.2, 0.25) is 0 Å². The quantitative estimate of drug-likeness (QED) is 0.772. The highest BCUT2D eigenvalue weighted by molar-refractivity contribution is 5.81. The molecule has 0 aromatic carbocycles. The van der Waals surface area contributed by atoms with E-state index in [1.54, 1.807) is 0 Å². The summed E-state index contributed by atoms with van der Waals surface area (Å²) in [6.07, 6.45) is 0.864. The van der Waals surface area contributed by atoms with Crippen LogP contribution in [-0.2, 0) is 9.53 Å². The van der Waals surface area contributed by atoms with E-state index in [0.29, 0.717) is 19.1 Å². The minimum atomic E-state index is -0.263. The molecule has 0 radical (unpaired) electrons. The molecule has 0 saturated carbocycles. The van der Waals surface area contributed by atoms with Crippen LogP contribution in [0.3, 0.4) is 0 Å². The predicted molar refractivity (Wildman–Crippen MR) is 75.1 cm³/mol. The molecule has 2 heterocycles. The lowest BCUT2D eigenvalue weighted by atomic mass is 10.1. The lowest BCUT2D eigenvalue weighted by Crippen LogP contribution is -2.49. The van der Waals surface area contributed by atoms with Crippen molar-refractivity contribution in [2.75, 3.05) is 52.4 Å². The topological polar surface area (TPSA) is 44.8 Å². The molecule has 0 spiro atoms. The molecular weight excluding hydrogens is 242 g/mol. The molecule has 2 fully saturated rings. The molecule has 0 aromatic rings. The van der Waals surface area contributed by atoms with Crippen molar-refractivity contribution in [3.05, 3.63) is 0 Å². The molecule has 1 N–H and O–H groups in total. The Morgan fingerprint density at radius 2 is 2.21 bits per heavy atom. The number of nitrogens with one attached hydrogen (secondary N) is 1. The van der Waals surface area contributed by atoms with Gasteiger partial charge in [0.05, 0.1) is 6.61 Å². The largest absolute Gasteiger partial charge is 0.366 e. The maximum absolute atomic E-state index is 12.3. The van der Waals surface area contributed by atoms with Gasteiger partial charge in [0.15, 0.2) is 0 Å². The summed E-state index contributed by atoms with van der Waals surface area (Å²) >= 11 is 0. The fourth-order valence-electron chi connectivity index (χ4n) is 2.96. The van der Waals surface area contributed by atoms with Gasteiger partial charge >= 0.3 is 0 Å². The molecule has 1 amide bonds. The summed E-state index contributed by atoms with van der Waals surface area (Å²) in [6.45, 7) is 11.6. The van der Waals surface area contributed by atoms with Crippen LogP contribution in [0.5, 0.6) is 0 Å². The van der Waals surface area contributed by atoms with Crippen LogP contribution in [0.1, 0.15) is 20.3 Å². The Kier molecular flexibility index (Phi) is 5.60. The predicted octanol–water partition coefficient (Wildman–Crippen LogP) is 0.165. The minimum absolute atomic E-state index is 0.175. The van der Waals surface area contributed by atoms with Crippen molar-refractivity contribution in [3.8, 4) is 0 Å². The van der Waals surface area contributed by atoms with Crippen molar-refractivity contribution in [2.45, 2.75) is 26.4 Å². The second kappa shape index (κ2) is 7.22. The van der Waals surface area contributed by atoms with Crippen LogP contribution in [0.15, 0.2) is 0 Å². The monoisotopic (exact) mass is 269 g/mol. The molecule has 0 bridgehead atoms. The molecule has 5 nitrogen and oxygen atoms in total. The summed E-state index contributed by atoms with van der Waals surface area (Å²) in [5.41, 5.74) is 0. The molecule has 2 rings (SSSR count). The van der Waals surface area contributed by atoms with E-state index in [1.807, 2.05) is 4.90 Å². The van der Waals surface area contributed by atoms with E-state index in [9.17, 15) is 4.79 Å². The maximum atomic E-state index is 12.3. The number of carbonyl (C=O) groups excluding carboxylic acids is 1. The van der Waals surface area contributed by atoms with Gasteiger partial charge in [-0.1, -0.05) is 13.8 Å². The lowest BCUT2D eigenvalue weighted by molar-refractivity contribution is -0.144. The number of rotatable bonds is 5. The lowest BCUT2D eigenvalue weighted by Gasteiger charge is -2.27. The Bertz CT molecular complexity index is 288. The van der Waals surface area contributed by atoms with Gasteiger partial charge < -0.3 is 19.9 Å². The van der Waals surface area contributed by atoms with Crippen LogP contribution >= 0.6 is 0 Å². The van der Waals surface area contributed by atoms with E-state index in [-0.39, 0.29) is 12.0 Å². The van der Waals surface area contributed by atoms with Crippen LogP contribution in [-0.4, -0.2) is 74.2 Å². The smallest absolute Gasteiger partial charge is 0.253 e. The Morgan fingerprint density at radius 1 is 1.42 bits per heavy atom. The number of likely N-dealkylation sites (tertiary alicyclic amines) is 1. The van der Waals surface area contributed by atoms with Gasteiger partial charge in [-0.2, -0.15) is 0 Å². The van der Waals surface area contributed by atoms with Crippen LogP contribution < -0.4 is 5.32 Å². The van der Waals surface area contributed by atoms with E-state index < -0.39 is 0 Å². The normalized spacial score (nSPS) is 28.1. The number of morpholine rings is 1. The number of ether oxygens (including phenoxy) is 1. The van der Waals surface area contributed by atoms with Crippen LogP contribution in [0.25, 0.3) is 0 Å². The second-order valence-corrected chi connectivity index (χ2v) is 5.49. The van der Waals surface area contributed by atoms with Gasteiger partial charge in [-0.05, 0) is 25.4 Å². The van der Waals surface area contributed by atoms with E-state index in [0.717, 1.165) is 45.7 Å². The Labute approximate surface area is 116 Å². The zero-order valence-corrected chi connectivity index (χ0v) is 12.2. The third kappa shape index (κ3) is 3.91. The number of nitrogens with zero attached hydrogens (tertiary/aromatic N) is 2. The summed E-state index contributed by atoms with van der Waals surface area (Å²) in [5.74, 6) is 0.801. The summed E-state index contributed by atoms with van der Waals surface area (Å²) in [7, 11) is 0. The van der Waals surface area contributed by atoms with E-state index in [2.05, 4.69) is 24.1 Å². The molecular formula is C14H27N3O2. The van der Waals surface area contributed by atoms with Crippen molar-refractivity contribution in [1.82, 2.24) is 15.1 Å². The third-order valence-electron chi connectivity index (χ3n) is 4.21. The van der Waals surface area contributed by atoms with E-state index in [1.165, 1.54) is 0 Å². The third-order valence-corrected chi connectivity index (χ3v) is 4.21. The van der Waals surface area contributed by atoms with E-state index >= 15 is 0 Å². The zero-order valence-electron chi connectivity index (χ0n) is 12.2. The van der Waals surface area contributed by atoms with Gasteiger partial charge in [0.25, 0.3) is 5.91 Å². The highest BCUT2D eigenvalue weighted by Crippen LogP contribution is 2.19. The molecule has 2 aliphatic heterocycles. The van der Waals surface area contributed by atoms with Gasteiger partial charge in [-0.25, -0.2) is 0 Å². The fraction of sp³-hybridized carbons (Fsp3) is 0.929. The minimum Gasteiger partial charge on any atom is -0.366 e. The Balaban J connectivity index is 1.78. The van der Waals surface area contributed by atoms with Gasteiger partial charge in [0.2, 0.25) is 0 Å². The standard InChI is InChI=1S/C14H27N3O2/c1-3-16(4-2)10-12-5-7-17(11-12)14(18)13-9-15-6-8-19-13/h12-13,15H,3-11H2,1-2H3. The van der Waals surface area contributed by atoms with Crippen molar-refractivity contribution >= 4 is 5.91 Å². The second-order valence-electron chi connectivity index (χ2n) is 5.49. The van der Waals surface area contributed by atoms with Gasteiger partial charge in [0, 0.05) is 32.7 Å². The van der Waals surface area contributed by atoms with Crippen LogP contribution in [0, 0.1) is 5.92 Å². The summed E-state index contributed by atoms with van der Waals surface area (Å²) in [4.78, 5) is 16.8. The first-order chi connectivity index (χ1) is 9.24. The number of carbonyl (C=O) groups is 1. The molecule has 19 heavy (non-hydrogen) atoms. The van der Waals surface area contributed by atoms with Gasteiger partial charge in [-0.15, -0.1) is 0 Å². The summed E-state index contributed by atoms with van der Waals surface area (Å²) in [5, 5.41) is 3.22. The number of amides is 1. The van der Waals surface area contributed by atoms with Crippen molar-refractivity contribution in [1.29, 1.82) is 0 Å². The summed E-state index contributed by atoms with van der Waals surface area (Å²) < 4.78 is 5.55. The first kappa shape index (κ1) is 14.8. The zero-order chi connectivity index (χ0) is 13.7. The maximum Gasteiger partial charge on any atom is 0.253 e. The van der Waals surface area contributed by atoms with Gasteiger partial charge in [-0.3, -0.25) is 4.79 Å². The van der Waals surface area contributed by atoms with E-state index in [4.69, 9.17) is 4.74 Å². The number of hydrogen-bond acceptors (Lipinski definition) is 4. The highest BCUT2D eigenvalue weighted by Gasteiger charge is 2.32. The molecule has 0 aromatic heterocycles. The van der Waals surface area contributed by atoms with Crippen LogP contribution in [0.4, 0.5) is 0 Å². The summed E-state index contributed by atoms with van der Waals surface area (Å²) in [6, 6.07) is 0. The molecule has 110 valence electrons. The molecule has 2 aliphatic rings. The molecule has 2 unspecified atom stereocenters. The molecule has 0 aliphatic carbocycles. The number of hydrogen-bond donors (Lipinski definition) is 1. The van der Waals surface area contributed by atoms with Crippen molar-refractivity contribution in [3.63, 3.8) is 0 Å². The Hall–Kier alpha value is -0.650. The molecule has 2 saturated heterocycles. The first-order valence-corrected chi connectivity index (χ1v) is 7.58. The fourth-order valence-corrected chi connectivity index (χ4v) is 2.96.